The lowest BCUT2D eigenvalue weighted by Crippen LogP contribution is -1.88. The summed E-state index contributed by atoms with van der Waals surface area (Å²) in [6, 6.07) is 7.35. The molecule has 0 atom stereocenters. The maximum Gasteiger partial charge on any atom is 0.136 e. The molecule has 0 aliphatic carbocycles. The largest absolute Gasteiger partial charge is 0.495 e. The van der Waals surface area contributed by atoms with Crippen LogP contribution >= 0.6 is 15.9 Å². The molecule has 1 aromatic rings. The van der Waals surface area contributed by atoms with E-state index in [0.29, 0.717) is 16.6 Å². The van der Waals surface area contributed by atoms with Crippen molar-refractivity contribution in [2.24, 2.45) is 0 Å². The Morgan fingerprint density at radius 2 is 2.29 bits per heavy atom. The Morgan fingerprint density at radius 3 is 2.86 bits per heavy atom. The smallest absolute Gasteiger partial charge is 0.136 e. The van der Waals surface area contributed by atoms with Crippen molar-refractivity contribution in [1.82, 2.24) is 0 Å². The van der Waals surface area contributed by atoms with Gasteiger partial charge in [0.15, 0.2) is 0 Å². The van der Waals surface area contributed by atoms with Crippen molar-refractivity contribution in [3.05, 3.63) is 29.3 Å². The van der Waals surface area contributed by atoms with Gasteiger partial charge in [-0.25, -0.2) is 0 Å². The second-order valence-electron chi connectivity index (χ2n) is 2.46. The Kier molecular flexibility index (Phi) is 4.04. The zero-order valence-corrected chi connectivity index (χ0v) is 9.26. The summed E-state index contributed by atoms with van der Waals surface area (Å²) >= 11 is 3.21. The zero-order chi connectivity index (χ0) is 10.4. The van der Waals surface area contributed by atoms with E-state index in [-0.39, 0.29) is 0 Å². The molecule has 1 rings (SSSR count). The number of ether oxygens (including phenoxy) is 1. The first-order chi connectivity index (χ1) is 6.81. The summed E-state index contributed by atoms with van der Waals surface area (Å²) in [6.07, 6.45) is 0. The third-order valence-electron chi connectivity index (χ3n) is 1.62. The first-order valence-corrected chi connectivity index (χ1v) is 5.07. The highest BCUT2D eigenvalue weighted by atomic mass is 79.9. The maximum atomic E-state index is 8.81. The molecule has 0 saturated carbocycles. The number of benzene rings is 1. The second-order valence-corrected chi connectivity index (χ2v) is 3.02. The van der Waals surface area contributed by atoms with Crippen molar-refractivity contribution in [2.45, 2.75) is 0 Å². The SMILES string of the molecule is COc1ccc(C#CCBr)cc1C#N. The van der Waals surface area contributed by atoms with E-state index < -0.39 is 0 Å². The number of nitrogens with zero attached hydrogens (tertiary/aromatic N) is 1. The molecule has 0 bridgehead atoms. The van der Waals surface area contributed by atoms with Crippen LogP contribution in [0.2, 0.25) is 0 Å². The second kappa shape index (κ2) is 5.32. The van der Waals surface area contributed by atoms with Crippen molar-refractivity contribution in [3.8, 4) is 23.7 Å². The van der Waals surface area contributed by atoms with Gasteiger partial charge >= 0.3 is 0 Å². The van der Waals surface area contributed by atoms with E-state index in [0.717, 1.165) is 5.56 Å². The van der Waals surface area contributed by atoms with Crippen LogP contribution in [0.15, 0.2) is 18.2 Å². The van der Waals surface area contributed by atoms with Gasteiger partial charge in [-0.1, -0.05) is 27.8 Å². The molecule has 0 unspecified atom stereocenters. The monoisotopic (exact) mass is 249 g/mol. The minimum atomic E-state index is 0.508. The molecule has 0 N–H and O–H groups in total. The van der Waals surface area contributed by atoms with Gasteiger partial charge in [-0.15, -0.1) is 0 Å². The van der Waals surface area contributed by atoms with E-state index >= 15 is 0 Å². The standard InChI is InChI=1S/C11H8BrNO/c1-14-11-5-4-9(3-2-6-12)7-10(11)8-13/h4-5,7H,6H2,1H3. The number of halogens is 1. The predicted octanol–water partition coefficient (Wildman–Crippen LogP) is 2.31. The number of alkyl halides is 1. The number of methoxy groups -OCH3 is 1. The number of nitriles is 1. The van der Waals surface area contributed by atoms with Crippen LogP contribution < -0.4 is 4.74 Å². The molecule has 0 saturated heterocycles. The van der Waals surface area contributed by atoms with Crippen molar-refractivity contribution >= 4 is 15.9 Å². The third kappa shape index (κ3) is 2.52. The molecule has 0 aliphatic rings. The van der Waals surface area contributed by atoms with E-state index in [1.54, 1.807) is 19.2 Å². The van der Waals surface area contributed by atoms with Gasteiger partial charge < -0.3 is 4.74 Å². The Labute approximate surface area is 91.6 Å². The quantitative estimate of drug-likeness (QED) is 0.566. The lowest BCUT2D eigenvalue weighted by Gasteiger charge is -2.01. The van der Waals surface area contributed by atoms with Gasteiger partial charge in [0.2, 0.25) is 0 Å². The summed E-state index contributed by atoms with van der Waals surface area (Å²) in [5, 5.41) is 9.44. The van der Waals surface area contributed by atoms with Gasteiger partial charge in [0.25, 0.3) is 0 Å². The van der Waals surface area contributed by atoms with Crippen LogP contribution in [0.5, 0.6) is 5.75 Å². The van der Waals surface area contributed by atoms with Gasteiger partial charge in [0.05, 0.1) is 18.0 Å². The molecule has 1 aromatic carbocycles. The number of hydrogen-bond donors (Lipinski definition) is 0. The third-order valence-corrected chi connectivity index (χ3v) is 1.90. The molecule has 14 heavy (non-hydrogen) atoms. The summed E-state index contributed by atoms with van der Waals surface area (Å²) in [5.41, 5.74) is 1.33. The van der Waals surface area contributed by atoms with E-state index in [2.05, 4.69) is 33.8 Å². The van der Waals surface area contributed by atoms with Crippen molar-refractivity contribution in [2.75, 3.05) is 12.4 Å². The Hall–Kier alpha value is -1.45. The summed E-state index contributed by atoms with van der Waals surface area (Å²) in [4.78, 5) is 0. The van der Waals surface area contributed by atoms with E-state index in [4.69, 9.17) is 10.00 Å². The first-order valence-electron chi connectivity index (χ1n) is 3.94. The summed E-state index contributed by atoms with van der Waals surface area (Å²) in [7, 11) is 1.54. The van der Waals surface area contributed by atoms with Crippen molar-refractivity contribution in [1.29, 1.82) is 5.26 Å². The fourth-order valence-electron chi connectivity index (χ4n) is 1.01. The lowest BCUT2D eigenvalue weighted by atomic mass is 10.1. The summed E-state index contributed by atoms with van der Waals surface area (Å²) < 4.78 is 5.02. The molecule has 2 nitrogen and oxygen atoms in total. The first kappa shape index (κ1) is 10.6. The molecule has 0 heterocycles. The predicted molar refractivity (Wildman–Crippen MR) is 58.4 cm³/mol. The van der Waals surface area contributed by atoms with Gasteiger partial charge in [-0.05, 0) is 18.2 Å². The van der Waals surface area contributed by atoms with E-state index in [1.165, 1.54) is 0 Å². The molecule has 0 spiro atoms. The van der Waals surface area contributed by atoms with Crippen LogP contribution in [0, 0.1) is 23.2 Å². The van der Waals surface area contributed by atoms with Crippen LogP contribution in [0.1, 0.15) is 11.1 Å². The lowest BCUT2D eigenvalue weighted by molar-refractivity contribution is 0.413. The van der Waals surface area contributed by atoms with Gasteiger partial charge in [-0.2, -0.15) is 5.26 Å². The van der Waals surface area contributed by atoms with Crippen LogP contribution in [0.3, 0.4) is 0 Å². The molecule has 0 radical (unpaired) electrons. The van der Waals surface area contributed by atoms with Crippen molar-refractivity contribution < 1.29 is 4.74 Å². The summed E-state index contributed by atoms with van der Waals surface area (Å²) in [5.74, 6) is 6.37. The minimum Gasteiger partial charge on any atom is -0.495 e. The molecule has 0 amide bonds. The average Bonchev–Trinajstić information content (AvgIpc) is 2.25. The Balaban J connectivity index is 3.09. The Morgan fingerprint density at radius 1 is 1.50 bits per heavy atom. The average molecular weight is 250 g/mol. The normalized spacial score (nSPS) is 8.36. The fourth-order valence-corrected chi connectivity index (χ4v) is 1.15. The van der Waals surface area contributed by atoms with Gasteiger partial charge in [-0.3, -0.25) is 0 Å². The van der Waals surface area contributed by atoms with Gasteiger partial charge in [0.1, 0.15) is 11.8 Å². The van der Waals surface area contributed by atoms with E-state index in [1.807, 2.05) is 6.07 Å². The van der Waals surface area contributed by atoms with E-state index in [9.17, 15) is 0 Å². The van der Waals surface area contributed by atoms with Crippen molar-refractivity contribution in [3.63, 3.8) is 0 Å². The van der Waals surface area contributed by atoms with Gasteiger partial charge in [0, 0.05) is 5.56 Å². The maximum absolute atomic E-state index is 8.81. The van der Waals surface area contributed by atoms with Crippen LogP contribution in [0.25, 0.3) is 0 Å². The number of hydrogen-bond acceptors (Lipinski definition) is 2. The van der Waals surface area contributed by atoms with Crippen LogP contribution in [0.4, 0.5) is 0 Å². The Bertz CT molecular complexity index is 423. The molecule has 3 heteroatoms. The van der Waals surface area contributed by atoms with Crippen LogP contribution in [-0.4, -0.2) is 12.4 Å². The minimum absolute atomic E-state index is 0.508. The highest BCUT2D eigenvalue weighted by Crippen LogP contribution is 2.17. The highest BCUT2D eigenvalue weighted by molar-refractivity contribution is 9.09. The van der Waals surface area contributed by atoms with Crippen LogP contribution in [-0.2, 0) is 0 Å². The fraction of sp³-hybridized carbons (Fsp3) is 0.182. The number of rotatable bonds is 1. The highest BCUT2D eigenvalue weighted by Gasteiger charge is 2.01. The topological polar surface area (TPSA) is 33.0 Å². The molecular formula is C11H8BrNO. The molecule has 70 valence electrons. The zero-order valence-electron chi connectivity index (χ0n) is 7.67. The summed E-state index contributed by atoms with van der Waals surface area (Å²) in [6.45, 7) is 0. The molecular weight excluding hydrogens is 242 g/mol. The molecule has 0 fully saturated rings. The molecule has 0 aliphatic heterocycles. The molecule has 0 aromatic heterocycles.